The van der Waals surface area contributed by atoms with E-state index in [1.54, 1.807) is 42.9 Å². The molecule has 4 rings (SSSR count). The number of para-hydroxylation sites is 1. The highest BCUT2D eigenvalue weighted by atomic mass is 16.3. The Morgan fingerprint density at radius 1 is 1.00 bits per heavy atom. The Labute approximate surface area is 154 Å². The maximum absolute atomic E-state index is 12.5. The molecule has 0 saturated heterocycles. The van der Waals surface area contributed by atoms with E-state index in [1.165, 1.54) is 6.07 Å². The Morgan fingerprint density at radius 2 is 1.81 bits per heavy atom. The molecular formula is C21H15N3O3. The Morgan fingerprint density at radius 3 is 2.67 bits per heavy atom. The summed E-state index contributed by atoms with van der Waals surface area (Å²) in [4.78, 5) is 33.1. The van der Waals surface area contributed by atoms with Crippen molar-refractivity contribution >= 4 is 16.9 Å². The first kappa shape index (κ1) is 16.7. The van der Waals surface area contributed by atoms with Crippen LogP contribution in [0, 0.1) is 0 Å². The molecule has 0 unspecified atom stereocenters. The lowest BCUT2D eigenvalue weighted by Crippen LogP contribution is -2.24. The first-order valence-corrected chi connectivity index (χ1v) is 8.38. The van der Waals surface area contributed by atoms with Crippen molar-refractivity contribution in [1.82, 2.24) is 15.3 Å². The van der Waals surface area contributed by atoms with E-state index in [0.29, 0.717) is 11.0 Å². The molecule has 0 bridgehead atoms. The Balaban J connectivity index is 1.58. The molecule has 27 heavy (non-hydrogen) atoms. The molecule has 6 nitrogen and oxygen atoms in total. The van der Waals surface area contributed by atoms with E-state index in [4.69, 9.17) is 4.42 Å². The SMILES string of the molecule is O=C(NCc1cccnc1-c1ccncc1)c1cc(=O)c2ccccc2o1. The minimum absolute atomic E-state index is 0.0203. The lowest BCUT2D eigenvalue weighted by atomic mass is 10.1. The molecule has 1 aromatic carbocycles. The standard InChI is InChI=1S/C21H15N3O3/c25-17-12-19(27-18-6-2-1-5-16(17)18)21(26)24-13-15-4-3-9-23-20(15)14-7-10-22-11-8-14/h1-12H,13H2,(H,24,26). The van der Waals surface area contributed by atoms with E-state index in [9.17, 15) is 9.59 Å². The molecule has 0 radical (unpaired) electrons. The van der Waals surface area contributed by atoms with E-state index in [-0.39, 0.29) is 17.7 Å². The quantitative estimate of drug-likeness (QED) is 0.606. The van der Waals surface area contributed by atoms with Crippen molar-refractivity contribution < 1.29 is 9.21 Å². The van der Waals surface area contributed by atoms with E-state index in [0.717, 1.165) is 16.8 Å². The first-order valence-electron chi connectivity index (χ1n) is 8.38. The van der Waals surface area contributed by atoms with Crippen molar-refractivity contribution in [3.8, 4) is 11.3 Å². The zero-order valence-corrected chi connectivity index (χ0v) is 14.3. The van der Waals surface area contributed by atoms with Gasteiger partial charge in [-0.3, -0.25) is 19.6 Å². The fourth-order valence-corrected chi connectivity index (χ4v) is 2.83. The number of amides is 1. The summed E-state index contributed by atoms with van der Waals surface area (Å²) >= 11 is 0. The van der Waals surface area contributed by atoms with Gasteiger partial charge in [0.05, 0.1) is 11.1 Å². The van der Waals surface area contributed by atoms with Crippen LogP contribution in [0.1, 0.15) is 16.1 Å². The minimum Gasteiger partial charge on any atom is -0.451 e. The van der Waals surface area contributed by atoms with Crippen LogP contribution in [-0.2, 0) is 6.54 Å². The fraction of sp³-hybridized carbons (Fsp3) is 0.0476. The summed E-state index contributed by atoms with van der Waals surface area (Å²) in [6.07, 6.45) is 5.08. The molecule has 132 valence electrons. The van der Waals surface area contributed by atoms with Crippen molar-refractivity contribution in [2.45, 2.75) is 6.54 Å². The predicted octanol–water partition coefficient (Wildman–Crippen LogP) is 3.18. The summed E-state index contributed by atoms with van der Waals surface area (Å²) in [6.45, 7) is 0.251. The number of hydrogen-bond acceptors (Lipinski definition) is 5. The van der Waals surface area contributed by atoms with Crippen LogP contribution in [0.3, 0.4) is 0 Å². The number of aromatic nitrogens is 2. The van der Waals surface area contributed by atoms with Crippen LogP contribution < -0.4 is 10.7 Å². The van der Waals surface area contributed by atoms with Crippen LogP contribution in [0.2, 0.25) is 0 Å². The van der Waals surface area contributed by atoms with Crippen LogP contribution in [0.15, 0.2) is 82.4 Å². The number of fused-ring (bicyclic) bond motifs is 1. The van der Waals surface area contributed by atoms with Gasteiger partial charge in [0, 0.05) is 36.8 Å². The Kier molecular flexibility index (Phi) is 4.45. The van der Waals surface area contributed by atoms with Crippen LogP contribution in [0.25, 0.3) is 22.2 Å². The Bertz CT molecular complexity index is 1170. The summed E-state index contributed by atoms with van der Waals surface area (Å²) in [7, 11) is 0. The second-order valence-corrected chi connectivity index (χ2v) is 5.90. The highest BCUT2D eigenvalue weighted by Gasteiger charge is 2.13. The minimum atomic E-state index is -0.456. The van der Waals surface area contributed by atoms with Crippen molar-refractivity contribution in [2.75, 3.05) is 0 Å². The molecule has 1 N–H and O–H groups in total. The maximum Gasteiger partial charge on any atom is 0.287 e. The smallest absolute Gasteiger partial charge is 0.287 e. The average Bonchev–Trinajstić information content (AvgIpc) is 2.73. The molecule has 3 heterocycles. The number of benzene rings is 1. The molecule has 4 aromatic rings. The highest BCUT2D eigenvalue weighted by molar-refractivity contribution is 5.93. The van der Waals surface area contributed by atoms with Gasteiger partial charge in [0.15, 0.2) is 11.2 Å². The number of nitrogens with one attached hydrogen (secondary N) is 1. The Hall–Kier alpha value is -3.80. The molecule has 0 spiro atoms. The molecule has 6 heteroatoms. The summed E-state index contributed by atoms with van der Waals surface area (Å²) < 4.78 is 5.57. The van der Waals surface area contributed by atoms with Gasteiger partial charge in [0.25, 0.3) is 5.91 Å². The largest absolute Gasteiger partial charge is 0.451 e. The second-order valence-electron chi connectivity index (χ2n) is 5.90. The molecule has 0 atom stereocenters. The van der Waals surface area contributed by atoms with Gasteiger partial charge in [0.1, 0.15) is 5.58 Å². The second kappa shape index (κ2) is 7.21. The number of carbonyl (C=O) groups is 1. The van der Waals surface area contributed by atoms with Gasteiger partial charge in [-0.2, -0.15) is 0 Å². The van der Waals surface area contributed by atoms with Gasteiger partial charge in [-0.25, -0.2) is 0 Å². The summed E-state index contributed by atoms with van der Waals surface area (Å²) in [5.41, 5.74) is 2.65. The van der Waals surface area contributed by atoms with E-state index < -0.39 is 5.91 Å². The van der Waals surface area contributed by atoms with Crippen LogP contribution in [0.4, 0.5) is 0 Å². The van der Waals surface area contributed by atoms with Gasteiger partial charge < -0.3 is 9.73 Å². The monoisotopic (exact) mass is 357 g/mol. The molecule has 3 aromatic heterocycles. The molecule has 0 aliphatic heterocycles. The molecule has 0 aliphatic carbocycles. The fourth-order valence-electron chi connectivity index (χ4n) is 2.83. The summed E-state index contributed by atoms with van der Waals surface area (Å²) in [5.74, 6) is -0.476. The van der Waals surface area contributed by atoms with Gasteiger partial charge in [-0.05, 0) is 35.9 Å². The first-order chi connectivity index (χ1) is 13.2. The highest BCUT2D eigenvalue weighted by Crippen LogP contribution is 2.20. The normalized spacial score (nSPS) is 10.7. The van der Waals surface area contributed by atoms with Crippen LogP contribution in [-0.4, -0.2) is 15.9 Å². The van der Waals surface area contributed by atoms with Gasteiger partial charge in [-0.1, -0.05) is 18.2 Å². The van der Waals surface area contributed by atoms with Crippen molar-refractivity contribution in [3.63, 3.8) is 0 Å². The van der Waals surface area contributed by atoms with E-state index >= 15 is 0 Å². The van der Waals surface area contributed by atoms with Gasteiger partial charge in [0.2, 0.25) is 0 Å². The summed E-state index contributed by atoms with van der Waals surface area (Å²) in [6, 6.07) is 15.5. The average molecular weight is 357 g/mol. The van der Waals surface area contributed by atoms with Crippen LogP contribution in [0.5, 0.6) is 0 Å². The molecule has 0 saturated carbocycles. The van der Waals surface area contributed by atoms with Crippen molar-refractivity contribution in [2.24, 2.45) is 0 Å². The number of nitrogens with zero attached hydrogens (tertiary/aromatic N) is 2. The van der Waals surface area contributed by atoms with E-state index in [1.807, 2.05) is 24.3 Å². The topological polar surface area (TPSA) is 85.1 Å². The molecular weight excluding hydrogens is 342 g/mol. The third-order valence-corrected chi connectivity index (χ3v) is 4.14. The number of pyridine rings is 2. The number of carbonyl (C=O) groups excluding carboxylic acids is 1. The van der Waals surface area contributed by atoms with Crippen molar-refractivity contribution in [1.29, 1.82) is 0 Å². The number of rotatable bonds is 4. The lowest BCUT2D eigenvalue weighted by molar-refractivity contribution is 0.0924. The molecule has 1 amide bonds. The zero-order chi connectivity index (χ0) is 18.6. The third kappa shape index (κ3) is 3.46. The molecule has 0 fully saturated rings. The number of hydrogen-bond donors (Lipinski definition) is 1. The van der Waals surface area contributed by atoms with Crippen molar-refractivity contribution in [3.05, 3.63) is 94.7 Å². The van der Waals surface area contributed by atoms with E-state index in [2.05, 4.69) is 15.3 Å². The summed E-state index contributed by atoms with van der Waals surface area (Å²) in [5, 5.41) is 3.24. The van der Waals surface area contributed by atoms with Gasteiger partial charge in [-0.15, -0.1) is 0 Å². The van der Waals surface area contributed by atoms with Crippen LogP contribution >= 0.6 is 0 Å². The molecule has 0 aliphatic rings. The zero-order valence-electron chi connectivity index (χ0n) is 14.3. The predicted molar refractivity (Wildman–Crippen MR) is 101 cm³/mol. The maximum atomic E-state index is 12.5. The van der Waals surface area contributed by atoms with Gasteiger partial charge >= 0.3 is 0 Å². The lowest BCUT2D eigenvalue weighted by Gasteiger charge is -2.10. The third-order valence-electron chi connectivity index (χ3n) is 4.14.